The van der Waals surface area contributed by atoms with Gasteiger partial charge in [0, 0.05) is 78.7 Å². The number of Topliss-reactive ketones (excluding diaryl/α,β-unsaturated/α-hetero) is 2. The number of cyclic esters (lactones) is 1. The molecule has 4 rings (SSSR count). The van der Waals surface area contributed by atoms with E-state index in [-0.39, 0.29) is 75.9 Å². The summed E-state index contributed by atoms with van der Waals surface area (Å²) < 4.78 is 58.0. The Balaban J connectivity index is 1.77. The number of hydrogen-bond donors (Lipinski definition) is 2. The molecule has 4 aliphatic rings. The molecule has 1 saturated carbocycles. The summed E-state index contributed by atoms with van der Waals surface area (Å²) in [7, 11) is 4.52. The van der Waals surface area contributed by atoms with Crippen LogP contribution in [0.4, 0.5) is 0 Å². The summed E-state index contributed by atoms with van der Waals surface area (Å²) >= 11 is 0. The molecule has 452 valence electrons. The molecule has 1 aliphatic carbocycles. The van der Waals surface area contributed by atoms with E-state index in [2.05, 4.69) is 6.58 Å². The number of amides is 1. The Morgan fingerprint density at radius 3 is 2.04 bits per heavy atom. The molecule has 3 heterocycles. The van der Waals surface area contributed by atoms with Gasteiger partial charge in [-0.05, 0) is 108 Å². The van der Waals surface area contributed by atoms with E-state index in [1.54, 1.807) is 33.8 Å². The van der Waals surface area contributed by atoms with E-state index in [0.29, 0.717) is 50.5 Å². The Labute approximate surface area is 472 Å². The molecule has 80 heavy (non-hydrogen) atoms. The van der Waals surface area contributed by atoms with Gasteiger partial charge >= 0.3 is 29.8 Å². The van der Waals surface area contributed by atoms with Gasteiger partial charge in [-0.25, -0.2) is 4.79 Å². The van der Waals surface area contributed by atoms with E-state index in [9.17, 15) is 48.6 Å². The molecule has 3 aliphatic heterocycles. The largest absolute Gasteiger partial charge is 0.462 e. The number of ketones is 2. The van der Waals surface area contributed by atoms with Gasteiger partial charge in [0.1, 0.15) is 37.2 Å². The Hall–Kier alpha value is -4.90. The topological polar surface area (TPSA) is 273 Å². The number of ether oxygens (including phenoxy) is 10. The zero-order chi connectivity index (χ0) is 59.6. The van der Waals surface area contributed by atoms with Crippen molar-refractivity contribution in [3.63, 3.8) is 0 Å². The third-order valence-corrected chi connectivity index (χ3v) is 15.8. The second-order valence-electron chi connectivity index (χ2n) is 22.7. The summed E-state index contributed by atoms with van der Waals surface area (Å²) in [6.07, 6.45) is 0.496. The molecule has 2 saturated heterocycles. The van der Waals surface area contributed by atoms with Crippen LogP contribution in [0.25, 0.3) is 0 Å². The Kier molecular flexibility index (Phi) is 27.1. The fourth-order valence-electron chi connectivity index (χ4n) is 11.5. The lowest BCUT2D eigenvalue weighted by molar-refractivity contribution is -0.302. The summed E-state index contributed by atoms with van der Waals surface area (Å²) in [5, 5.41) is 22.9. The Bertz CT molecular complexity index is 2180. The predicted molar refractivity (Wildman–Crippen MR) is 289 cm³/mol. The van der Waals surface area contributed by atoms with E-state index >= 15 is 0 Å². The van der Waals surface area contributed by atoms with Crippen LogP contribution >= 0.6 is 0 Å². The molecular formula is C59H91NO20. The number of aliphatic hydroxyl groups is 2. The van der Waals surface area contributed by atoms with E-state index in [4.69, 9.17) is 47.4 Å². The van der Waals surface area contributed by atoms with Crippen molar-refractivity contribution in [1.29, 1.82) is 0 Å². The van der Waals surface area contributed by atoms with Gasteiger partial charge in [0.05, 0.1) is 30.5 Å². The first-order valence-electron chi connectivity index (χ1n) is 28.3. The van der Waals surface area contributed by atoms with Crippen LogP contribution in [0.1, 0.15) is 146 Å². The van der Waals surface area contributed by atoms with Crippen LogP contribution in [0.2, 0.25) is 0 Å². The van der Waals surface area contributed by atoms with Crippen molar-refractivity contribution in [1.82, 2.24) is 4.90 Å². The molecule has 1 amide bonds. The number of carbonyl (C=O) groups excluding carboxylic acids is 8. The summed E-state index contributed by atoms with van der Waals surface area (Å²) in [5.41, 5.74) is 1.44. The summed E-state index contributed by atoms with van der Waals surface area (Å²) in [6.45, 7) is 17.7. The van der Waals surface area contributed by atoms with Crippen molar-refractivity contribution in [2.75, 3.05) is 41.1 Å². The summed E-state index contributed by atoms with van der Waals surface area (Å²) in [6, 6.07) is -1.27. The number of rotatable bonds is 19. The van der Waals surface area contributed by atoms with Gasteiger partial charge in [-0.2, -0.15) is 0 Å². The lowest BCUT2D eigenvalue weighted by Gasteiger charge is -2.47. The van der Waals surface area contributed by atoms with Crippen molar-refractivity contribution in [2.24, 2.45) is 35.5 Å². The van der Waals surface area contributed by atoms with Crippen molar-refractivity contribution in [3.05, 3.63) is 36.0 Å². The predicted octanol–water partition coefficient (Wildman–Crippen LogP) is 6.01. The lowest BCUT2D eigenvalue weighted by atomic mass is 9.81. The molecular weight excluding hydrogens is 1040 g/mol. The lowest BCUT2D eigenvalue weighted by Crippen LogP contribution is -2.64. The molecule has 0 aromatic rings. The molecule has 21 nitrogen and oxygen atoms in total. The van der Waals surface area contributed by atoms with Gasteiger partial charge in [0.15, 0.2) is 12.4 Å². The number of esters is 5. The zero-order valence-electron chi connectivity index (χ0n) is 49.2. The van der Waals surface area contributed by atoms with Crippen LogP contribution in [0.5, 0.6) is 0 Å². The quantitative estimate of drug-likeness (QED) is 0.0493. The number of aliphatic hydroxyl groups excluding tert-OH is 1. The maximum Gasteiger partial charge on any atom is 0.329 e. The van der Waals surface area contributed by atoms with Crippen molar-refractivity contribution < 1.29 is 95.9 Å². The molecule has 3 fully saturated rings. The number of piperidine rings is 1. The van der Waals surface area contributed by atoms with Crippen LogP contribution in [0.15, 0.2) is 36.0 Å². The van der Waals surface area contributed by atoms with Crippen LogP contribution in [-0.2, 0) is 85.7 Å². The van der Waals surface area contributed by atoms with Crippen molar-refractivity contribution in [3.8, 4) is 0 Å². The molecule has 21 heteroatoms. The summed E-state index contributed by atoms with van der Waals surface area (Å²) in [5.74, 6) is -12.1. The number of carbonyl (C=O) groups is 8. The number of hydrogen-bond acceptors (Lipinski definition) is 20. The van der Waals surface area contributed by atoms with E-state index < -0.39 is 132 Å². The number of nitrogens with zero attached hydrogens (tertiary/aromatic N) is 1. The number of fused-ring (bicyclic) bond motifs is 3. The van der Waals surface area contributed by atoms with Crippen molar-refractivity contribution in [2.45, 2.75) is 213 Å². The third-order valence-electron chi connectivity index (χ3n) is 15.8. The average Bonchev–Trinajstić information content (AvgIpc) is 3.39. The highest BCUT2D eigenvalue weighted by Gasteiger charge is 2.57. The van der Waals surface area contributed by atoms with Gasteiger partial charge < -0.3 is 62.5 Å². The first-order valence-corrected chi connectivity index (χ1v) is 28.3. The maximum atomic E-state index is 14.9. The third kappa shape index (κ3) is 19.6. The second-order valence-corrected chi connectivity index (χ2v) is 22.7. The second kappa shape index (κ2) is 32.1. The van der Waals surface area contributed by atoms with Crippen LogP contribution in [-0.4, -0.2) is 170 Å². The minimum absolute atomic E-state index is 0.00162. The van der Waals surface area contributed by atoms with Crippen LogP contribution < -0.4 is 0 Å². The SMILES string of the molecule is C=CC[C@@H]1/C=C(\C)C[C@H](C)C[C@H](OC)[C@H]2O[C@@](O)(C(=O)C(=O)N3CCCC[C@H]3C(=O)O[C@H](/C(C)=C/[C@@H]3CC[C@@H](O)[C@H](OC)C3)[C@H](C)[C@@H](OC(C)OC(=O)CC(C)CC(=O)OC(COC(C)=O)COC(C)=O)CC1=O)[C@H](C)C[C@@H]2OC. The normalized spacial score (nSPS) is 33.1. The zero-order valence-corrected chi connectivity index (χ0v) is 49.2. The molecule has 2 bridgehead atoms. The van der Waals surface area contributed by atoms with E-state index in [1.807, 2.05) is 26.0 Å². The van der Waals surface area contributed by atoms with E-state index in [1.165, 1.54) is 42.1 Å². The van der Waals surface area contributed by atoms with Gasteiger partial charge in [0.2, 0.25) is 5.79 Å². The molecule has 2 N–H and O–H groups in total. The van der Waals surface area contributed by atoms with Crippen LogP contribution in [0, 0.1) is 35.5 Å². The van der Waals surface area contributed by atoms with Gasteiger partial charge in [-0.3, -0.25) is 33.6 Å². The smallest absolute Gasteiger partial charge is 0.329 e. The average molecular weight is 1130 g/mol. The monoisotopic (exact) mass is 1130 g/mol. The highest BCUT2D eigenvalue weighted by molar-refractivity contribution is 6.39. The minimum atomic E-state index is -2.60. The molecule has 0 radical (unpaired) electrons. The fourth-order valence-corrected chi connectivity index (χ4v) is 11.5. The standard InChI is InChI=1S/C59H91NO20/c1-14-17-43-23-33(2)22-34(3)24-50(72-12)55-51(73-13)28-37(6)59(70,80-55)56(67)57(68)60-21-16-15-18-45(60)58(69)79-54(36(5)27-42-19-20-46(63)49(29-42)71-11)38(7)48(30-47(43)64)76-41(10)77-52(65)25-35(4)26-53(66)78-44(31-74-39(8)61)32-75-40(9)62/h14,23,27,34-35,37-38,41-46,48-51,54-55,63,70H,1,15-22,24-26,28-32H2,2-13H3/b33-23+,36-27+/t34-,35?,37+,38+,41?,42-,43+,45-,46+,48-,49+,50-,51-,54+,55+,59+/m0/s1. The maximum absolute atomic E-state index is 14.9. The molecule has 0 spiro atoms. The highest BCUT2D eigenvalue weighted by atomic mass is 16.7. The molecule has 0 aromatic carbocycles. The first kappa shape index (κ1) is 67.6. The Morgan fingerprint density at radius 2 is 1.44 bits per heavy atom. The van der Waals surface area contributed by atoms with E-state index in [0.717, 1.165) is 10.5 Å². The highest BCUT2D eigenvalue weighted by Crippen LogP contribution is 2.40. The number of allylic oxidation sites excluding steroid dienone is 4. The Morgan fingerprint density at radius 1 is 0.825 bits per heavy atom. The number of methoxy groups -OCH3 is 3. The summed E-state index contributed by atoms with van der Waals surface area (Å²) in [4.78, 5) is 109. The van der Waals surface area contributed by atoms with Gasteiger partial charge in [0.25, 0.3) is 11.7 Å². The van der Waals surface area contributed by atoms with Crippen molar-refractivity contribution >= 4 is 47.3 Å². The van der Waals surface area contributed by atoms with Gasteiger partial charge in [-0.15, -0.1) is 6.58 Å². The van der Waals surface area contributed by atoms with Gasteiger partial charge in [-0.1, -0.05) is 51.5 Å². The fraction of sp³-hybridized carbons (Fsp3) is 0.763. The molecule has 2 unspecified atom stereocenters. The first-order chi connectivity index (χ1) is 37.7. The van der Waals surface area contributed by atoms with Crippen LogP contribution in [0.3, 0.4) is 0 Å². The molecule has 0 aromatic heterocycles. The molecule has 16 atom stereocenters. The minimum Gasteiger partial charge on any atom is -0.462 e.